The number of carbonyl (C=O) groups is 1. The molecule has 0 radical (unpaired) electrons. The fourth-order valence-electron chi connectivity index (χ4n) is 2.46. The first-order valence-corrected chi connectivity index (χ1v) is 6.65. The molecule has 0 aromatic heterocycles. The number of hydrogen-bond donors (Lipinski definition) is 3. The lowest BCUT2D eigenvalue weighted by atomic mass is 9.92. The molecule has 0 aliphatic carbocycles. The van der Waals surface area contributed by atoms with Crippen LogP contribution in [0.5, 0.6) is 11.5 Å². The summed E-state index contributed by atoms with van der Waals surface area (Å²) in [5, 5.41) is 28.6. The summed E-state index contributed by atoms with van der Waals surface area (Å²) < 4.78 is 0. The van der Waals surface area contributed by atoms with Crippen LogP contribution in [0.3, 0.4) is 0 Å². The maximum Gasteiger partial charge on any atom is 0.336 e. The van der Waals surface area contributed by atoms with Gasteiger partial charge >= 0.3 is 5.97 Å². The molecule has 4 heteroatoms. The minimum atomic E-state index is -1.06. The van der Waals surface area contributed by atoms with Gasteiger partial charge in [-0.1, -0.05) is 12.1 Å². The van der Waals surface area contributed by atoms with Crippen molar-refractivity contribution in [1.82, 2.24) is 0 Å². The number of hydrogen-bond acceptors (Lipinski definition) is 3. The second kappa shape index (κ2) is 5.48. The van der Waals surface area contributed by atoms with Crippen LogP contribution in [0, 0.1) is 20.8 Å². The molecule has 2 aromatic carbocycles. The van der Waals surface area contributed by atoms with Crippen LogP contribution in [-0.2, 0) is 6.42 Å². The standard InChI is InChI=1S/C17H18O4/c1-9-6-13(10(2)11(3)16(9)19)7-12-4-5-14(18)8-15(12)17(20)21/h4-6,8,18-19H,7H2,1-3H3,(H,20,21). The van der Waals surface area contributed by atoms with Crippen molar-refractivity contribution >= 4 is 5.97 Å². The molecule has 2 aromatic rings. The third-order valence-electron chi connectivity index (χ3n) is 3.87. The van der Waals surface area contributed by atoms with Crippen molar-refractivity contribution in [2.75, 3.05) is 0 Å². The van der Waals surface area contributed by atoms with Gasteiger partial charge in [-0.3, -0.25) is 0 Å². The van der Waals surface area contributed by atoms with Crippen molar-refractivity contribution in [3.05, 3.63) is 57.6 Å². The van der Waals surface area contributed by atoms with Crippen LogP contribution >= 0.6 is 0 Å². The molecule has 3 N–H and O–H groups in total. The number of benzene rings is 2. The molecular weight excluding hydrogens is 268 g/mol. The van der Waals surface area contributed by atoms with Crippen molar-refractivity contribution in [2.24, 2.45) is 0 Å². The van der Waals surface area contributed by atoms with Crippen LogP contribution in [-0.4, -0.2) is 21.3 Å². The molecule has 21 heavy (non-hydrogen) atoms. The van der Waals surface area contributed by atoms with E-state index in [1.807, 2.05) is 26.8 Å². The molecule has 0 heterocycles. The Balaban J connectivity index is 2.51. The Morgan fingerprint density at radius 1 is 1.00 bits per heavy atom. The Kier molecular flexibility index (Phi) is 3.89. The highest BCUT2D eigenvalue weighted by Crippen LogP contribution is 2.29. The first-order chi connectivity index (χ1) is 9.81. The molecule has 0 saturated heterocycles. The van der Waals surface area contributed by atoms with Gasteiger partial charge in [-0.25, -0.2) is 4.79 Å². The largest absolute Gasteiger partial charge is 0.508 e. The lowest BCUT2D eigenvalue weighted by Crippen LogP contribution is -2.04. The van der Waals surface area contributed by atoms with Crippen LogP contribution in [0.4, 0.5) is 0 Å². The van der Waals surface area contributed by atoms with Gasteiger partial charge in [0.2, 0.25) is 0 Å². The summed E-state index contributed by atoms with van der Waals surface area (Å²) in [6.45, 7) is 5.57. The number of aryl methyl sites for hydroxylation is 1. The average Bonchev–Trinajstić information content (AvgIpc) is 2.44. The fraction of sp³-hybridized carbons (Fsp3) is 0.235. The van der Waals surface area contributed by atoms with Crippen LogP contribution in [0.1, 0.15) is 38.2 Å². The maximum atomic E-state index is 11.3. The Labute approximate surface area is 123 Å². The predicted molar refractivity (Wildman–Crippen MR) is 80.2 cm³/mol. The summed E-state index contributed by atoms with van der Waals surface area (Å²) in [5.41, 5.74) is 4.22. The van der Waals surface area contributed by atoms with Crippen molar-refractivity contribution in [2.45, 2.75) is 27.2 Å². The van der Waals surface area contributed by atoms with E-state index in [4.69, 9.17) is 0 Å². The van der Waals surface area contributed by atoms with E-state index in [-0.39, 0.29) is 17.1 Å². The molecule has 0 aliphatic heterocycles. The zero-order chi connectivity index (χ0) is 15.7. The van der Waals surface area contributed by atoms with E-state index in [1.54, 1.807) is 6.07 Å². The highest BCUT2D eigenvalue weighted by molar-refractivity contribution is 5.90. The SMILES string of the molecule is Cc1cc(Cc2ccc(O)cc2C(=O)O)c(C)c(C)c1O. The fourth-order valence-corrected chi connectivity index (χ4v) is 2.46. The second-order valence-electron chi connectivity index (χ2n) is 5.27. The van der Waals surface area contributed by atoms with Gasteiger partial charge in [-0.2, -0.15) is 0 Å². The zero-order valence-corrected chi connectivity index (χ0v) is 12.3. The summed E-state index contributed by atoms with van der Waals surface area (Å²) in [4.78, 5) is 11.3. The Morgan fingerprint density at radius 2 is 1.67 bits per heavy atom. The Morgan fingerprint density at radius 3 is 2.29 bits per heavy atom. The molecule has 0 bridgehead atoms. The first kappa shape index (κ1) is 14.9. The quantitative estimate of drug-likeness (QED) is 0.809. The molecule has 0 fully saturated rings. The highest BCUT2D eigenvalue weighted by atomic mass is 16.4. The normalized spacial score (nSPS) is 10.6. The van der Waals surface area contributed by atoms with E-state index >= 15 is 0 Å². The molecule has 0 spiro atoms. The minimum absolute atomic E-state index is 0.0639. The van der Waals surface area contributed by atoms with Gasteiger partial charge in [0.1, 0.15) is 11.5 Å². The lowest BCUT2D eigenvalue weighted by molar-refractivity contribution is 0.0695. The second-order valence-corrected chi connectivity index (χ2v) is 5.27. The number of phenols is 2. The van der Waals surface area contributed by atoms with Crippen LogP contribution in [0.15, 0.2) is 24.3 Å². The zero-order valence-electron chi connectivity index (χ0n) is 12.3. The smallest absolute Gasteiger partial charge is 0.336 e. The molecule has 0 saturated carbocycles. The summed E-state index contributed by atoms with van der Waals surface area (Å²) in [7, 11) is 0. The van der Waals surface area contributed by atoms with Crippen molar-refractivity contribution in [3.63, 3.8) is 0 Å². The number of phenolic OH excluding ortho intramolecular Hbond substituents is 2. The van der Waals surface area contributed by atoms with Gasteiger partial charge in [-0.05, 0) is 67.1 Å². The molecule has 110 valence electrons. The van der Waals surface area contributed by atoms with Crippen molar-refractivity contribution < 1.29 is 20.1 Å². The monoisotopic (exact) mass is 286 g/mol. The average molecular weight is 286 g/mol. The van der Waals surface area contributed by atoms with E-state index < -0.39 is 5.97 Å². The van der Waals surface area contributed by atoms with Gasteiger partial charge in [0.05, 0.1) is 5.56 Å². The van der Waals surface area contributed by atoms with Crippen molar-refractivity contribution in [1.29, 1.82) is 0 Å². The molecular formula is C17H18O4. The molecule has 0 unspecified atom stereocenters. The van der Waals surface area contributed by atoms with E-state index in [9.17, 15) is 20.1 Å². The molecule has 2 rings (SSSR count). The molecule has 4 nitrogen and oxygen atoms in total. The number of aromatic hydroxyl groups is 2. The van der Waals surface area contributed by atoms with Gasteiger partial charge in [0.25, 0.3) is 0 Å². The van der Waals surface area contributed by atoms with E-state index in [1.165, 1.54) is 12.1 Å². The van der Waals surface area contributed by atoms with Crippen LogP contribution < -0.4 is 0 Å². The number of rotatable bonds is 3. The number of carboxylic acid groups (broad SMARTS) is 1. The summed E-state index contributed by atoms with van der Waals surface area (Å²) >= 11 is 0. The Bertz CT molecular complexity index is 717. The first-order valence-electron chi connectivity index (χ1n) is 6.65. The maximum absolute atomic E-state index is 11.3. The molecule has 0 amide bonds. The summed E-state index contributed by atoms with van der Waals surface area (Å²) in [6, 6.07) is 6.23. The predicted octanol–water partition coefficient (Wildman–Crippen LogP) is 3.31. The third-order valence-corrected chi connectivity index (χ3v) is 3.87. The highest BCUT2D eigenvalue weighted by Gasteiger charge is 2.15. The minimum Gasteiger partial charge on any atom is -0.508 e. The third kappa shape index (κ3) is 2.84. The molecule has 0 aliphatic rings. The lowest BCUT2D eigenvalue weighted by Gasteiger charge is -2.14. The number of aromatic carboxylic acids is 1. The van der Waals surface area contributed by atoms with Gasteiger partial charge in [0.15, 0.2) is 0 Å². The van der Waals surface area contributed by atoms with Crippen LogP contribution in [0.25, 0.3) is 0 Å². The summed E-state index contributed by atoms with van der Waals surface area (Å²) in [6.07, 6.45) is 0.440. The Hall–Kier alpha value is -2.49. The van der Waals surface area contributed by atoms with Crippen molar-refractivity contribution in [3.8, 4) is 11.5 Å². The van der Waals surface area contributed by atoms with Gasteiger partial charge < -0.3 is 15.3 Å². The van der Waals surface area contributed by atoms with Gasteiger partial charge in [0, 0.05) is 0 Å². The van der Waals surface area contributed by atoms with E-state index in [2.05, 4.69) is 0 Å². The number of carboxylic acids is 1. The topological polar surface area (TPSA) is 77.8 Å². The summed E-state index contributed by atoms with van der Waals surface area (Å²) in [5.74, 6) is -0.850. The molecule has 0 atom stereocenters. The van der Waals surface area contributed by atoms with E-state index in [0.717, 1.165) is 22.3 Å². The van der Waals surface area contributed by atoms with Gasteiger partial charge in [-0.15, -0.1) is 0 Å². The van der Waals surface area contributed by atoms with Crippen LogP contribution in [0.2, 0.25) is 0 Å². The van der Waals surface area contributed by atoms with E-state index in [0.29, 0.717) is 12.0 Å².